The molecule has 0 saturated heterocycles. The summed E-state index contributed by atoms with van der Waals surface area (Å²) in [5, 5.41) is 0. The summed E-state index contributed by atoms with van der Waals surface area (Å²) in [6.07, 6.45) is 2.14. The maximum absolute atomic E-state index is 12.5. The zero-order valence-electron chi connectivity index (χ0n) is 13.2. The topological polar surface area (TPSA) is 89.3 Å². The molecule has 0 aliphatic carbocycles. The summed E-state index contributed by atoms with van der Waals surface area (Å²) >= 11 is 0. The normalized spacial score (nSPS) is 14.9. The molecule has 0 spiro atoms. The van der Waals surface area contributed by atoms with E-state index in [1.165, 1.54) is 0 Å². The number of sulfonamides is 1. The van der Waals surface area contributed by atoms with E-state index in [0.29, 0.717) is 29.0 Å². The van der Waals surface area contributed by atoms with Gasteiger partial charge in [0.1, 0.15) is 0 Å². The van der Waals surface area contributed by atoms with Crippen LogP contribution in [0.15, 0.2) is 11.0 Å². The van der Waals surface area contributed by atoms with Crippen LogP contribution in [-0.4, -0.2) is 30.7 Å². The predicted molar refractivity (Wildman–Crippen MR) is 88.4 cm³/mol. The molecular weight excluding hydrogens is 308 g/mol. The lowest BCUT2D eigenvalue weighted by Crippen LogP contribution is -2.34. The fourth-order valence-electron chi connectivity index (χ4n) is 2.32. The number of aryl methyl sites for hydroxylation is 2. The van der Waals surface area contributed by atoms with E-state index < -0.39 is 20.8 Å². The molecule has 0 bridgehead atoms. The van der Waals surface area contributed by atoms with Crippen LogP contribution in [0, 0.1) is 20.8 Å². The first-order valence-corrected chi connectivity index (χ1v) is 9.96. The summed E-state index contributed by atoms with van der Waals surface area (Å²) in [5.41, 5.74) is 8.58. The van der Waals surface area contributed by atoms with E-state index in [1.807, 2.05) is 6.92 Å². The van der Waals surface area contributed by atoms with Gasteiger partial charge in [-0.05, 0) is 50.8 Å². The van der Waals surface area contributed by atoms with Gasteiger partial charge in [0.2, 0.25) is 10.0 Å². The third kappa shape index (κ3) is 4.52. The summed E-state index contributed by atoms with van der Waals surface area (Å²) in [5.74, 6) is 0.470. The second-order valence-electron chi connectivity index (χ2n) is 5.47. The van der Waals surface area contributed by atoms with E-state index >= 15 is 0 Å². The lowest BCUT2D eigenvalue weighted by Gasteiger charge is -2.18. The molecule has 0 saturated carbocycles. The van der Waals surface area contributed by atoms with Crippen LogP contribution in [0.5, 0.6) is 0 Å². The van der Waals surface area contributed by atoms with Crippen molar-refractivity contribution in [1.82, 2.24) is 4.72 Å². The zero-order valence-corrected chi connectivity index (χ0v) is 14.8. The highest BCUT2D eigenvalue weighted by Gasteiger charge is 2.23. The molecule has 0 aliphatic rings. The number of hydrogen-bond donors (Lipinski definition) is 2. The van der Waals surface area contributed by atoms with Gasteiger partial charge in [0.25, 0.3) is 0 Å². The van der Waals surface area contributed by atoms with Crippen molar-refractivity contribution < 1.29 is 12.6 Å². The number of benzene rings is 1. The third-order valence-corrected chi connectivity index (χ3v) is 6.11. The van der Waals surface area contributed by atoms with E-state index in [-0.39, 0.29) is 10.9 Å². The number of nitrogens with two attached hydrogens (primary N) is 1. The van der Waals surface area contributed by atoms with Crippen LogP contribution in [-0.2, 0) is 20.8 Å². The fraction of sp³-hybridized carbons (Fsp3) is 0.571. The molecule has 0 radical (unpaired) electrons. The van der Waals surface area contributed by atoms with Crippen LogP contribution >= 0.6 is 0 Å². The highest BCUT2D eigenvalue weighted by Crippen LogP contribution is 2.28. The van der Waals surface area contributed by atoms with Gasteiger partial charge in [-0.15, -0.1) is 0 Å². The van der Waals surface area contributed by atoms with Crippen molar-refractivity contribution >= 4 is 26.5 Å². The summed E-state index contributed by atoms with van der Waals surface area (Å²) in [7, 11) is -4.57. The highest BCUT2D eigenvalue weighted by molar-refractivity contribution is 7.89. The van der Waals surface area contributed by atoms with Crippen LogP contribution in [0.2, 0.25) is 0 Å². The van der Waals surface area contributed by atoms with Crippen molar-refractivity contribution in [2.45, 2.75) is 45.1 Å². The summed E-state index contributed by atoms with van der Waals surface area (Å²) in [6, 6.07) is 1.50. The molecule has 5 nitrogen and oxygen atoms in total. The first-order chi connectivity index (χ1) is 9.56. The summed E-state index contributed by atoms with van der Waals surface area (Å²) in [6.45, 7) is 7.11. The maximum atomic E-state index is 12.5. The van der Waals surface area contributed by atoms with Crippen LogP contribution < -0.4 is 10.5 Å². The molecule has 21 heavy (non-hydrogen) atoms. The van der Waals surface area contributed by atoms with Gasteiger partial charge in [-0.2, -0.15) is 0 Å². The third-order valence-electron chi connectivity index (χ3n) is 3.42. The number of hydrogen-bond acceptors (Lipinski definition) is 4. The lowest BCUT2D eigenvalue weighted by atomic mass is 10.1. The minimum Gasteiger partial charge on any atom is -0.398 e. The number of nitrogen functional groups attached to an aromatic ring is 1. The molecule has 120 valence electrons. The molecule has 0 heterocycles. The van der Waals surface area contributed by atoms with Crippen molar-refractivity contribution in [3.63, 3.8) is 0 Å². The number of anilines is 1. The van der Waals surface area contributed by atoms with Crippen molar-refractivity contribution in [1.29, 1.82) is 0 Å². The molecule has 0 aliphatic heterocycles. The second kappa shape index (κ2) is 6.89. The first kappa shape index (κ1) is 18.1. The van der Waals surface area contributed by atoms with Crippen LogP contribution in [0.1, 0.15) is 30.0 Å². The zero-order chi connectivity index (χ0) is 16.4. The Morgan fingerprint density at radius 2 is 1.86 bits per heavy atom. The fourth-order valence-corrected chi connectivity index (χ4v) is 4.77. The van der Waals surface area contributed by atoms with Crippen molar-refractivity contribution in [2.75, 3.05) is 17.7 Å². The van der Waals surface area contributed by atoms with Gasteiger partial charge in [-0.3, -0.25) is 4.21 Å². The maximum Gasteiger partial charge on any atom is 0.241 e. The molecule has 3 N–H and O–H groups in total. The van der Waals surface area contributed by atoms with Gasteiger partial charge >= 0.3 is 0 Å². The van der Waals surface area contributed by atoms with Gasteiger partial charge < -0.3 is 5.73 Å². The van der Waals surface area contributed by atoms with E-state index in [0.717, 1.165) is 5.56 Å². The van der Waals surface area contributed by atoms with Crippen LogP contribution in [0.3, 0.4) is 0 Å². The molecule has 1 aromatic rings. The van der Waals surface area contributed by atoms with Crippen molar-refractivity contribution in [3.05, 3.63) is 22.8 Å². The minimum absolute atomic E-state index is 0.245. The summed E-state index contributed by atoms with van der Waals surface area (Å²) < 4.78 is 38.8. The molecule has 2 unspecified atom stereocenters. The van der Waals surface area contributed by atoms with E-state index in [2.05, 4.69) is 4.72 Å². The lowest BCUT2D eigenvalue weighted by molar-refractivity contribution is 0.554. The predicted octanol–water partition coefficient (Wildman–Crippen LogP) is 1.63. The Bertz CT molecular complexity index is 655. The molecular formula is C14H24N2O3S2. The van der Waals surface area contributed by atoms with Gasteiger partial charge in [0.15, 0.2) is 0 Å². The molecule has 0 aromatic heterocycles. The molecule has 7 heteroatoms. The standard InChI is InChI=1S/C14H24N2O3S2/c1-9-8-10(2)14(12(4)13(9)15)21(18,19)16-11(3)6-7-20(5)17/h8,11,16H,6-7,15H2,1-5H3. The van der Waals surface area contributed by atoms with Gasteiger partial charge in [0.05, 0.1) is 4.90 Å². The monoisotopic (exact) mass is 332 g/mol. The average Bonchev–Trinajstić information content (AvgIpc) is 2.32. The Balaban J connectivity index is 3.09. The SMILES string of the molecule is Cc1cc(C)c(S(=O)(=O)NC(C)CCS(C)=O)c(C)c1N. The Morgan fingerprint density at radius 1 is 1.29 bits per heavy atom. The largest absolute Gasteiger partial charge is 0.398 e. The van der Waals surface area contributed by atoms with Crippen molar-refractivity contribution in [2.24, 2.45) is 0 Å². The van der Waals surface area contributed by atoms with Crippen LogP contribution in [0.25, 0.3) is 0 Å². The Hall–Kier alpha value is -0.920. The molecule has 0 amide bonds. The van der Waals surface area contributed by atoms with E-state index in [4.69, 9.17) is 5.73 Å². The Morgan fingerprint density at radius 3 is 2.38 bits per heavy atom. The first-order valence-electron chi connectivity index (χ1n) is 6.75. The number of nitrogens with one attached hydrogen (secondary N) is 1. The van der Waals surface area contributed by atoms with E-state index in [1.54, 1.807) is 33.1 Å². The quantitative estimate of drug-likeness (QED) is 0.775. The highest BCUT2D eigenvalue weighted by atomic mass is 32.2. The second-order valence-corrected chi connectivity index (χ2v) is 8.67. The minimum atomic E-state index is -3.64. The number of rotatable bonds is 6. The Kier molecular flexibility index (Phi) is 5.95. The molecule has 1 rings (SSSR count). The molecule has 1 aromatic carbocycles. The van der Waals surface area contributed by atoms with Gasteiger partial charge in [-0.25, -0.2) is 13.1 Å². The van der Waals surface area contributed by atoms with Crippen LogP contribution in [0.4, 0.5) is 5.69 Å². The Labute approximate surface area is 129 Å². The van der Waals surface area contributed by atoms with Crippen molar-refractivity contribution in [3.8, 4) is 0 Å². The smallest absolute Gasteiger partial charge is 0.241 e. The van der Waals surface area contributed by atoms with Gasteiger partial charge in [0, 0.05) is 34.5 Å². The average molecular weight is 332 g/mol. The van der Waals surface area contributed by atoms with E-state index in [9.17, 15) is 12.6 Å². The molecule has 2 atom stereocenters. The van der Waals surface area contributed by atoms with Gasteiger partial charge in [-0.1, -0.05) is 6.07 Å². The molecule has 0 fully saturated rings. The summed E-state index contributed by atoms with van der Waals surface area (Å²) in [4.78, 5) is 0.245.